The van der Waals surface area contributed by atoms with Gasteiger partial charge in [-0.2, -0.15) is 18.4 Å². The summed E-state index contributed by atoms with van der Waals surface area (Å²) < 4.78 is 57.0. The molecule has 0 saturated carbocycles. The number of rotatable bonds is 4. The molecule has 2 amide bonds. The lowest BCUT2D eigenvalue weighted by molar-refractivity contribution is -0.137. The van der Waals surface area contributed by atoms with Crippen LogP contribution in [-0.4, -0.2) is 53.9 Å². The van der Waals surface area contributed by atoms with Crippen molar-refractivity contribution in [3.05, 3.63) is 74.8 Å². The molecule has 2 saturated heterocycles. The van der Waals surface area contributed by atoms with E-state index in [1.807, 2.05) is 0 Å². The molecule has 208 valence electrons. The molecular formula is C28H25F4N5O3. The smallest absolute Gasteiger partial charge is 0.368 e. The number of aromatic nitrogens is 1. The number of hydrogen-bond acceptors (Lipinski definition) is 5. The van der Waals surface area contributed by atoms with E-state index >= 15 is 0 Å². The van der Waals surface area contributed by atoms with Crippen LogP contribution in [0.4, 0.5) is 23.2 Å². The fraction of sp³-hybridized carbons (Fsp3) is 0.357. The van der Waals surface area contributed by atoms with Crippen LogP contribution in [0.1, 0.15) is 57.5 Å². The number of fused-ring (bicyclic) bond motifs is 1. The lowest BCUT2D eigenvalue weighted by Gasteiger charge is -2.31. The molecule has 3 aromatic rings. The molecule has 0 radical (unpaired) electrons. The van der Waals surface area contributed by atoms with Crippen LogP contribution >= 0.6 is 0 Å². The van der Waals surface area contributed by atoms with Gasteiger partial charge in [-0.15, -0.1) is 0 Å². The number of para-hydroxylation sites is 1. The first-order chi connectivity index (χ1) is 19.1. The molecular weight excluding hydrogens is 530 g/mol. The van der Waals surface area contributed by atoms with E-state index in [2.05, 4.69) is 10.3 Å². The molecule has 12 heteroatoms. The summed E-state index contributed by atoms with van der Waals surface area (Å²) in [5, 5.41) is 12.3. The van der Waals surface area contributed by atoms with Gasteiger partial charge in [-0.25, -0.2) is 4.39 Å². The fourth-order valence-corrected chi connectivity index (χ4v) is 5.46. The highest BCUT2D eigenvalue weighted by molar-refractivity contribution is 6.06. The number of carbonyl (C=O) groups is 2. The molecule has 8 nitrogen and oxygen atoms in total. The maximum Gasteiger partial charge on any atom is 0.418 e. The normalized spacial score (nSPS) is 17.6. The summed E-state index contributed by atoms with van der Waals surface area (Å²) in [4.78, 5) is 43.9. The maximum absolute atomic E-state index is 14.3. The van der Waals surface area contributed by atoms with Gasteiger partial charge in [-0.3, -0.25) is 14.4 Å². The van der Waals surface area contributed by atoms with Crippen LogP contribution in [0.3, 0.4) is 0 Å². The van der Waals surface area contributed by atoms with Crippen molar-refractivity contribution in [2.75, 3.05) is 31.1 Å². The Kier molecular flexibility index (Phi) is 7.23. The standard InChI is InChI=1S/C28H25F4N5O3/c29-22-6-4-5-18-19(13-23(38)35-24(18)22)26(39)34-17-7-10-37(15-17)25-20(27(40)36-8-2-1-3-9-36)11-16(14-33)12-21(25)28(30,31)32/h4-6,11-13,17H,1-3,7-10,15H2,(H,34,39)(H,35,38)/t17-/m1/s1. The Bertz CT molecular complexity index is 1590. The highest BCUT2D eigenvalue weighted by Crippen LogP contribution is 2.41. The lowest BCUT2D eigenvalue weighted by Crippen LogP contribution is -2.39. The average molecular weight is 556 g/mol. The van der Waals surface area contributed by atoms with Crippen molar-refractivity contribution in [2.24, 2.45) is 0 Å². The second kappa shape index (κ2) is 10.6. The summed E-state index contributed by atoms with van der Waals surface area (Å²) in [5.74, 6) is -1.95. The molecule has 2 N–H and O–H groups in total. The number of pyridine rings is 1. The Morgan fingerprint density at radius 3 is 2.50 bits per heavy atom. The first-order valence-electron chi connectivity index (χ1n) is 12.9. The number of nitriles is 1. The van der Waals surface area contributed by atoms with Crippen molar-refractivity contribution in [2.45, 2.75) is 37.9 Å². The summed E-state index contributed by atoms with van der Waals surface area (Å²) in [5.41, 5.74) is -2.74. The van der Waals surface area contributed by atoms with Gasteiger partial charge in [-0.05, 0) is 43.9 Å². The number of amides is 2. The van der Waals surface area contributed by atoms with Gasteiger partial charge < -0.3 is 20.1 Å². The summed E-state index contributed by atoms with van der Waals surface area (Å²) in [7, 11) is 0. The average Bonchev–Trinajstić information content (AvgIpc) is 3.40. The summed E-state index contributed by atoms with van der Waals surface area (Å²) >= 11 is 0. The molecule has 5 rings (SSSR count). The highest BCUT2D eigenvalue weighted by atomic mass is 19.4. The number of hydrogen-bond donors (Lipinski definition) is 2. The molecule has 2 aromatic carbocycles. The quantitative estimate of drug-likeness (QED) is 0.470. The number of carbonyl (C=O) groups excluding carboxylic acids is 2. The van der Waals surface area contributed by atoms with E-state index < -0.39 is 41.0 Å². The first-order valence-corrected chi connectivity index (χ1v) is 12.9. The second-order valence-electron chi connectivity index (χ2n) is 10.00. The van der Waals surface area contributed by atoms with Crippen molar-refractivity contribution in [3.8, 4) is 6.07 Å². The summed E-state index contributed by atoms with van der Waals surface area (Å²) in [6.07, 6.45) is -2.18. The number of alkyl halides is 3. The molecule has 0 spiro atoms. The number of benzene rings is 2. The van der Waals surface area contributed by atoms with Crippen molar-refractivity contribution >= 4 is 28.4 Å². The fourth-order valence-electron chi connectivity index (χ4n) is 5.46. The van der Waals surface area contributed by atoms with E-state index in [1.54, 1.807) is 6.07 Å². The van der Waals surface area contributed by atoms with E-state index in [0.29, 0.717) is 13.1 Å². The zero-order valence-corrected chi connectivity index (χ0v) is 21.3. The van der Waals surface area contributed by atoms with Gasteiger partial charge in [0.2, 0.25) is 5.56 Å². The molecule has 2 aliphatic rings. The molecule has 2 fully saturated rings. The number of likely N-dealkylation sites (tertiary alicyclic amines) is 1. The minimum absolute atomic E-state index is 0.0452. The van der Waals surface area contributed by atoms with Gasteiger partial charge in [0, 0.05) is 43.7 Å². The molecule has 1 atom stereocenters. The van der Waals surface area contributed by atoms with Crippen LogP contribution < -0.4 is 15.8 Å². The Morgan fingerprint density at radius 2 is 1.80 bits per heavy atom. The van der Waals surface area contributed by atoms with Gasteiger partial charge >= 0.3 is 6.18 Å². The number of piperidine rings is 1. The monoisotopic (exact) mass is 555 g/mol. The number of aromatic amines is 1. The van der Waals surface area contributed by atoms with Crippen molar-refractivity contribution < 1.29 is 27.2 Å². The predicted molar refractivity (Wildman–Crippen MR) is 139 cm³/mol. The van der Waals surface area contributed by atoms with Crippen LogP contribution in [0.5, 0.6) is 0 Å². The zero-order valence-electron chi connectivity index (χ0n) is 21.3. The molecule has 3 heterocycles. The van der Waals surface area contributed by atoms with Gasteiger partial charge in [0.15, 0.2) is 0 Å². The van der Waals surface area contributed by atoms with Crippen molar-refractivity contribution in [3.63, 3.8) is 0 Å². The lowest BCUT2D eigenvalue weighted by atomic mass is 9.99. The Labute approximate surface area is 226 Å². The van der Waals surface area contributed by atoms with E-state index in [9.17, 15) is 37.2 Å². The first kappa shape index (κ1) is 27.2. The van der Waals surface area contributed by atoms with E-state index in [-0.39, 0.29) is 52.8 Å². The highest BCUT2D eigenvalue weighted by Gasteiger charge is 2.40. The van der Waals surface area contributed by atoms with E-state index in [4.69, 9.17) is 0 Å². The van der Waals surface area contributed by atoms with E-state index in [0.717, 1.165) is 37.5 Å². The minimum Gasteiger partial charge on any atom is -0.368 e. The summed E-state index contributed by atoms with van der Waals surface area (Å²) in [6, 6.07) is 8.12. The maximum atomic E-state index is 14.3. The molecule has 2 aliphatic heterocycles. The summed E-state index contributed by atoms with van der Waals surface area (Å²) in [6.45, 7) is 0.890. The van der Waals surface area contributed by atoms with Crippen LogP contribution in [0.25, 0.3) is 10.9 Å². The Morgan fingerprint density at radius 1 is 1.05 bits per heavy atom. The second-order valence-corrected chi connectivity index (χ2v) is 10.00. The third kappa shape index (κ3) is 5.23. The number of nitrogens with zero attached hydrogens (tertiary/aromatic N) is 3. The largest absolute Gasteiger partial charge is 0.418 e. The third-order valence-electron chi connectivity index (χ3n) is 7.33. The van der Waals surface area contributed by atoms with Crippen LogP contribution in [0, 0.1) is 17.1 Å². The molecule has 40 heavy (non-hydrogen) atoms. The topological polar surface area (TPSA) is 109 Å². The number of nitrogens with one attached hydrogen (secondary N) is 2. The zero-order chi connectivity index (χ0) is 28.6. The van der Waals surface area contributed by atoms with Gasteiger partial charge in [0.25, 0.3) is 11.8 Å². The number of anilines is 1. The molecule has 1 aromatic heterocycles. The van der Waals surface area contributed by atoms with Crippen LogP contribution in [0.15, 0.2) is 41.2 Å². The van der Waals surface area contributed by atoms with Gasteiger partial charge in [-0.1, -0.05) is 12.1 Å². The molecule has 0 bridgehead atoms. The van der Waals surface area contributed by atoms with Crippen molar-refractivity contribution in [1.29, 1.82) is 5.26 Å². The Balaban J connectivity index is 1.47. The predicted octanol–water partition coefficient (Wildman–Crippen LogP) is 4.19. The van der Waals surface area contributed by atoms with Gasteiger partial charge in [0.1, 0.15) is 5.82 Å². The number of H-pyrrole nitrogens is 1. The van der Waals surface area contributed by atoms with E-state index in [1.165, 1.54) is 28.0 Å². The minimum atomic E-state index is -4.84. The van der Waals surface area contributed by atoms with Crippen molar-refractivity contribution in [1.82, 2.24) is 15.2 Å². The van der Waals surface area contributed by atoms with Gasteiger partial charge in [0.05, 0.1) is 39.5 Å². The van der Waals surface area contributed by atoms with Crippen LogP contribution in [0.2, 0.25) is 0 Å². The third-order valence-corrected chi connectivity index (χ3v) is 7.33. The molecule has 0 aliphatic carbocycles. The number of halogens is 4. The Hall–Kier alpha value is -4.40. The molecule has 0 unspecified atom stereocenters. The SMILES string of the molecule is N#Cc1cc(C(=O)N2CCCCC2)c(N2CC[C@@H](NC(=O)c3cc(=O)[nH]c4c(F)cccc34)C2)c(C(F)(F)F)c1. The van der Waals surface area contributed by atoms with Crippen LogP contribution in [-0.2, 0) is 6.18 Å².